The van der Waals surface area contributed by atoms with Crippen LogP contribution in [0.1, 0.15) is 16.7 Å². The Kier molecular flexibility index (Phi) is 3.43. The zero-order valence-electron chi connectivity index (χ0n) is 13.1. The molecule has 2 nitrogen and oxygen atoms in total. The van der Waals surface area contributed by atoms with Gasteiger partial charge in [-0.25, -0.2) is 0 Å². The average Bonchev–Trinajstić information content (AvgIpc) is 2.79. The van der Waals surface area contributed by atoms with Gasteiger partial charge in [-0.1, -0.05) is 60.7 Å². The molecular formula is C21H18N2. The summed E-state index contributed by atoms with van der Waals surface area (Å²) in [6.45, 7) is 0.707. The van der Waals surface area contributed by atoms with Crippen molar-refractivity contribution in [2.75, 3.05) is 12.4 Å². The van der Waals surface area contributed by atoms with Gasteiger partial charge in [-0.05, 0) is 28.8 Å². The maximum Gasteiger partial charge on any atom is 0.0729 e. The van der Waals surface area contributed by atoms with E-state index in [1.807, 2.05) is 13.1 Å². The third-order valence-corrected chi connectivity index (χ3v) is 4.33. The summed E-state index contributed by atoms with van der Waals surface area (Å²) in [5, 5.41) is 3.23. The molecule has 0 fully saturated rings. The highest BCUT2D eigenvalue weighted by Gasteiger charge is 2.18. The molecule has 0 saturated heterocycles. The highest BCUT2D eigenvalue weighted by atomic mass is 14.8. The Bertz CT molecular complexity index is 879. The first-order valence-corrected chi connectivity index (χ1v) is 7.87. The van der Waals surface area contributed by atoms with Crippen LogP contribution in [0.25, 0.3) is 11.1 Å². The fourth-order valence-corrected chi connectivity index (χ4v) is 3.14. The van der Waals surface area contributed by atoms with Gasteiger partial charge in [0, 0.05) is 23.9 Å². The number of nitrogens with one attached hydrogen (secondary N) is 1. The number of hydrogen-bond acceptors (Lipinski definition) is 2. The summed E-state index contributed by atoms with van der Waals surface area (Å²) in [5.41, 5.74) is 8.35. The van der Waals surface area contributed by atoms with Crippen molar-refractivity contribution in [1.82, 2.24) is 0 Å². The van der Waals surface area contributed by atoms with Crippen molar-refractivity contribution in [3.8, 4) is 11.1 Å². The molecule has 1 aliphatic heterocycles. The van der Waals surface area contributed by atoms with Crippen molar-refractivity contribution < 1.29 is 0 Å². The zero-order valence-corrected chi connectivity index (χ0v) is 13.1. The van der Waals surface area contributed by atoms with Gasteiger partial charge in [0.15, 0.2) is 0 Å². The normalized spacial score (nSPS) is 12.7. The SMILES string of the molecule is CNc1ccc2c(c1)-c1ccccc1C(c1ccccc1)=NC2. The molecule has 0 aromatic heterocycles. The van der Waals surface area contributed by atoms with Gasteiger partial charge in [0.2, 0.25) is 0 Å². The number of aliphatic imine (C=N–C) groups is 1. The van der Waals surface area contributed by atoms with Crippen LogP contribution in [0, 0.1) is 0 Å². The van der Waals surface area contributed by atoms with E-state index in [0.717, 1.165) is 11.4 Å². The molecule has 2 heteroatoms. The van der Waals surface area contributed by atoms with E-state index in [0.29, 0.717) is 6.54 Å². The van der Waals surface area contributed by atoms with Crippen LogP contribution in [0.15, 0.2) is 77.8 Å². The predicted molar refractivity (Wildman–Crippen MR) is 97.2 cm³/mol. The third kappa shape index (κ3) is 2.42. The third-order valence-electron chi connectivity index (χ3n) is 4.33. The molecule has 3 aromatic rings. The molecule has 0 spiro atoms. The second-order valence-corrected chi connectivity index (χ2v) is 5.70. The number of hydrogen-bond donors (Lipinski definition) is 1. The molecule has 23 heavy (non-hydrogen) atoms. The standard InChI is InChI=1S/C21H18N2/c1-22-17-12-11-16-14-23-21(15-7-3-2-4-8-15)19-10-6-5-9-18(19)20(16)13-17/h2-13,22H,14H2,1H3. The quantitative estimate of drug-likeness (QED) is 0.725. The summed E-state index contributed by atoms with van der Waals surface area (Å²) in [4.78, 5) is 4.93. The molecular weight excluding hydrogens is 280 g/mol. The Morgan fingerprint density at radius 2 is 1.52 bits per heavy atom. The molecule has 1 aliphatic rings. The van der Waals surface area contributed by atoms with Crippen LogP contribution in [0.2, 0.25) is 0 Å². The Morgan fingerprint density at radius 1 is 0.783 bits per heavy atom. The average molecular weight is 298 g/mol. The van der Waals surface area contributed by atoms with E-state index in [1.165, 1.54) is 27.8 Å². The first-order valence-electron chi connectivity index (χ1n) is 7.87. The Labute approximate surface area is 136 Å². The monoisotopic (exact) mass is 298 g/mol. The number of anilines is 1. The summed E-state index contributed by atoms with van der Waals surface area (Å²) in [6.07, 6.45) is 0. The minimum Gasteiger partial charge on any atom is -0.388 e. The van der Waals surface area contributed by atoms with Crippen molar-refractivity contribution in [2.24, 2.45) is 4.99 Å². The largest absolute Gasteiger partial charge is 0.388 e. The minimum absolute atomic E-state index is 0.707. The summed E-state index contributed by atoms with van der Waals surface area (Å²) in [6, 6.07) is 25.5. The molecule has 0 bridgehead atoms. The molecule has 1 N–H and O–H groups in total. The first kappa shape index (κ1) is 13.8. The molecule has 3 aromatic carbocycles. The van der Waals surface area contributed by atoms with Crippen LogP contribution >= 0.6 is 0 Å². The van der Waals surface area contributed by atoms with Crippen molar-refractivity contribution in [3.05, 3.63) is 89.5 Å². The molecule has 0 aliphatic carbocycles. The lowest BCUT2D eigenvalue weighted by molar-refractivity contribution is 1.08. The maximum atomic E-state index is 4.93. The van der Waals surface area contributed by atoms with Crippen LogP contribution in [-0.4, -0.2) is 12.8 Å². The molecule has 0 saturated carbocycles. The molecule has 4 rings (SSSR count). The van der Waals surface area contributed by atoms with Crippen molar-refractivity contribution in [2.45, 2.75) is 6.54 Å². The van der Waals surface area contributed by atoms with E-state index in [9.17, 15) is 0 Å². The van der Waals surface area contributed by atoms with Crippen molar-refractivity contribution >= 4 is 11.4 Å². The number of rotatable bonds is 2. The topological polar surface area (TPSA) is 24.4 Å². The molecule has 0 atom stereocenters. The Hall–Kier alpha value is -2.87. The molecule has 1 heterocycles. The second-order valence-electron chi connectivity index (χ2n) is 5.70. The van der Waals surface area contributed by atoms with Gasteiger partial charge in [0.05, 0.1) is 12.3 Å². The summed E-state index contributed by atoms with van der Waals surface area (Å²) in [5.74, 6) is 0. The molecule has 112 valence electrons. The van der Waals surface area contributed by atoms with Crippen molar-refractivity contribution in [1.29, 1.82) is 0 Å². The van der Waals surface area contributed by atoms with Gasteiger partial charge < -0.3 is 5.32 Å². The highest BCUT2D eigenvalue weighted by molar-refractivity contribution is 6.17. The first-order chi connectivity index (χ1) is 11.4. The minimum atomic E-state index is 0.707. The van der Waals surface area contributed by atoms with E-state index in [2.05, 4.69) is 72.0 Å². The Balaban J connectivity index is 1.96. The van der Waals surface area contributed by atoms with Gasteiger partial charge in [0.1, 0.15) is 0 Å². The van der Waals surface area contributed by atoms with Gasteiger partial charge in [-0.15, -0.1) is 0 Å². The lowest BCUT2D eigenvalue weighted by Crippen LogP contribution is -2.04. The van der Waals surface area contributed by atoms with Gasteiger partial charge in [-0.3, -0.25) is 4.99 Å². The van der Waals surface area contributed by atoms with Crippen LogP contribution in [0.5, 0.6) is 0 Å². The Morgan fingerprint density at radius 3 is 2.30 bits per heavy atom. The number of nitrogens with zero attached hydrogens (tertiary/aromatic N) is 1. The number of fused-ring (bicyclic) bond motifs is 3. The summed E-state index contributed by atoms with van der Waals surface area (Å²) >= 11 is 0. The van der Waals surface area contributed by atoms with Gasteiger partial charge in [0.25, 0.3) is 0 Å². The predicted octanol–water partition coefficient (Wildman–Crippen LogP) is 4.75. The van der Waals surface area contributed by atoms with E-state index in [4.69, 9.17) is 4.99 Å². The maximum absolute atomic E-state index is 4.93. The summed E-state index contributed by atoms with van der Waals surface area (Å²) in [7, 11) is 1.95. The van der Waals surface area contributed by atoms with E-state index in [1.54, 1.807) is 0 Å². The molecule has 0 amide bonds. The van der Waals surface area contributed by atoms with E-state index < -0.39 is 0 Å². The highest BCUT2D eigenvalue weighted by Crippen LogP contribution is 2.34. The molecule has 0 radical (unpaired) electrons. The van der Waals surface area contributed by atoms with E-state index >= 15 is 0 Å². The second kappa shape index (κ2) is 5.73. The van der Waals surface area contributed by atoms with Crippen LogP contribution in [-0.2, 0) is 6.54 Å². The van der Waals surface area contributed by atoms with Crippen molar-refractivity contribution in [3.63, 3.8) is 0 Å². The fourth-order valence-electron chi connectivity index (χ4n) is 3.14. The van der Waals surface area contributed by atoms with Crippen LogP contribution in [0.3, 0.4) is 0 Å². The van der Waals surface area contributed by atoms with Gasteiger partial charge >= 0.3 is 0 Å². The molecule has 0 unspecified atom stereocenters. The lowest BCUT2D eigenvalue weighted by Gasteiger charge is -2.12. The number of benzene rings is 3. The van der Waals surface area contributed by atoms with Crippen LogP contribution < -0.4 is 5.32 Å². The zero-order chi connectivity index (χ0) is 15.6. The summed E-state index contributed by atoms with van der Waals surface area (Å²) < 4.78 is 0. The fraction of sp³-hybridized carbons (Fsp3) is 0.0952. The lowest BCUT2D eigenvalue weighted by atomic mass is 9.92. The van der Waals surface area contributed by atoms with E-state index in [-0.39, 0.29) is 0 Å². The smallest absolute Gasteiger partial charge is 0.0729 e. The van der Waals surface area contributed by atoms with Gasteiger partial charge in [-0.2, -0.15) is 0 Å². The van der Waals surface area contributed by atoms with Crippen LogP contribution in [0.4, 0.5) is 5.69 Å².